The van der Waals surface area contributed by atoms with E-state index in [2.05, 4.69) is 29.5 Å². The van der Waals surface area contributed by atoms with E-state index in [9.17, 15) is 4.79 Å². The van der Waals surface area contributed by atoms with Gasteiger partial charge in [0.2, 0.25) is 0 Å². The predicted octanol–water partition coefficient (Wildman–Crippen LogP) is 3.07. The normalized spacial score (nSPS) is 26.1. The van der Waals surface area contributed by atoms with E-state index in [4.69, 9.17) is 0 Å². The molecular weight excluding hydrogens is 250 g/mol. The van der Waals surface area contributed by atoms with Crippen LogP contribution < -0.4 is 10.6 Å². The highest BCUT2D eigenvalue weighted by Gasteiger charge is 2.27. The maximum absolute atomic E-state index is 12.4. The maximum atomic E-state index is 12.4. The van der Waals surface area contributed by atoms with Gasteiger partial charge in [-0.25, -0.2) is 0 Å². The molecule has 0 aromatic carbocycles. The molecule has 3 unspecified atom stereocenters. The fourth-order valence-corrected chi connectivity index (χ4v) is 3.05. The Morgan fingerprint density at radius 3 is 2.90 bits per heavy atom. The standard InChI is InChI=1S/C16H25N3O/c1-4-18-15-7-8-17-10-13(15)16(20)19-14-6-5-11(2)9-12(14)3/h7-8,10-12,14H,4-6,9H2,1-3H3,(H,17,18)(H,19,20). The van der Waals surface area contributed by atoms with E-state index in [0.717, 1.165) is 24.6 Å². The third-order valence-electron chi connectivity index (χ3n) is 4.18. The summed E-state index contributed by atoms with van der Waals surface area (Å²) in [7, 11) is 0. The zero-order valence-electron chi connectivity index (χ0n) is 12.6. The SMILES string of the molecule is CCNc1ccncc1C(=O)NC1CCC(C)CC1C. The van der Waals surface area contributed by atoms with Crippen molar-refractivity contribution in [2.75, 3.05) is 11.9 Å². The lowest BCUT2D eigenvalue weighted by atomic mass is 9.80. The van der Waals surface area contributed by atoms with Crippen LogP contribution in [0, 0.1) is 11.8 Å². The Balaban J connectivity index is 2.05. The van der Waals surface area contributed by atoms with E-state index in [-0.39, 0.29) is 11.9 Å². The number of nitrogens with zero attached hydrogens (tertiary/aromatic N) is 1. The second-order valence-corrected chi connectivity index (χ2v) is 5.93. The zero-order chi connectivity index (χ0) is 14.5. The molecule has 2 N–H and O–H groups in total. The first-order valence-corrected chi connectivity index (χ1v) is 7.60. The smallest absolute Gasteiger partial charge is 0.255 e. The minimum Gasteiger partial charge on any atom is -0.385 e. The highest BCUT2D eigenvalue weighted by atomic mass is 16.1. The maximum Gasteiger partial charge on any atom is 0.255 e. The first kappa shape index (κ1) is 14.8. The fourth-order valence-electron chi connectivity index (χ4n) is 3.05. The van der Waals surface area contributed by atoms with Crippen LogP contribution in [-0.4, -0.2) is 23.5 Å². The van der Waals surface area contributed by atoms with Crippen LogP contribution in [0.5, 0.6) is 0 Å². The summed E-state index contributed by atoms with van der Waals surface area (Å²) in [5.41, 5.74) is 1.50. The molecule has 1 aliphatic rings. The fraction of sp³-hybridized carbons (Fsp3) is 0.625. The molecule has 1 amide bonds. The van der Waals surface area contributed by atoms with Crippen LogP contribution in [-0.2, 0) is 0 Å². The van der Waals surface area contributed by atoms with Crippen LogP contribution in [0.3, 0.4) is 0 Å². The molecule has 1 aliphatic carbocycles. The minimum absolute atomic E-state index is 0.0135. The largest absolute Gasteiger partial charge is 0.385 e. The van der Waals surface area contributed by atoms with Gasteiger partial charge in [0.1, 0.15) is 0 Å². The molecule has 110 valence electrons. The Bertz CT molecular complexity index is 461. The first-order chi connectivity index (χ1) is 9.61. The van der Waals surface area contributed by atoms with Gasteiger partial charge in [0.25, 0.3) is 5.91 Å². The molecule has 1 aromatic heterocycles. The molecule has 0 aliphatic heterocycles. The second kappa shape index (κ2) is 6.73. The number of aromatic nitrogens is 1. The Kier molecular flexibility index (Phi) is 4.99. The quantitative estimate of drug-likeness (QED) is 0.888. The molecule has 4 nitrogen and oxygen atoms in total. The molecule has 3 atom stereocenters. The van der Waals surface area contributed by atoms with E-state index in [0.29, 0.717) is 11.5 Å². The van der Waals surface area contributed by atoms with Crippen molar-refractivity contribution in [3.63, 3.8) is 0 Å². The number of hydrogen-bond donors (Lipinski definition) is 2. The van der Waals surface area contributed by atoms with Crippen LogP contribution in [0.25, 0.3) is 0 Å². The molecule has 0 bridgehead atoms. The molecule has 2 rings (SSSR count). The van der Waals surface area contributed by atoms with Crippen LogP contribution in [0.15, 0.2) is 18.5 Å². The van der Waals surface area contributed by atoms with Crippen molar-refractivity contribution in [2.24, 2.45) is 11.8 Å². The van der Waals surface area contributed by atoms with Gasteiger partial charge in [0.05, 0.1) is 11.3 Å². The number of hydrogen-bond acceptors (Lipinski definition) is 3. The van der Waals surface area contributed by atoms with Gasteiger partial charge in [-0.2, -0.15) is 0 Å². The first-order valence-electron chi connectivity index (χ1n) is 7.60. The third kappa shape index (κ3) is 3.50. The highest BCUT2D eigenvalue weighted by Crippen LogP contribution is 2.29. The number of carbonyl (C=O) groups excluding carboxylic acids is 1. The van der Waals surface area contributed by atoms with Crippen molar-refractivity contribution in [3.8, 4) is 0 Å². The van der Waals surface area contributed by atoms with Gasteiger partial charge in [-0.05, 0) is 44.1 Å². The third-order valence-corrected chi connectivity index (χ3v) is 4.18. The van der Waals surface area contributed by atoms with Gasteiger partial charge in [-0.1, -0.05) is 13.8 Å². The zero-order valence-corrected chi connectivity index (χ0v) is 12.6. The van der Waals surface area contributed by atoms with Crippen molar-refractivity contribution in [3.05, 3.63) is 24.0 Å². The van der Waals surface area contributed by atoms with Gasteiger partial charge in [0, 0.05) is 25.0 Å². The average Bonchev–Trinajstić information content (AvgIpc) is 2.43. The summed E-state index contributed by atoms with van der Waals surface area (Å²) in [6.07, 6.45) is 6.81. The molecule has 1 fully saturated rings. The van der Waals surface area contributed by atoms with Crippen molar-refractivity contribution < 1.29 is 4.79 Å². The number of anilines is 1. The summed E-state index contributed by atoms with van der Waals surface area (Å²) in [6.45, 7) is 7.34. The van der Waals surface area contributed by atoms with Gasteiger partial charge in [-0.15, -0.1) is 0 Å². The number of amides is 1. The lowest BCUT2D eigenvalue weighted by molar-refractivity contribution is 0.0900. The van der Waals surface area contributed by atoms with Gasteiger partial charge in [0.15, 0.2) is 0 Å². The van der Waals surface area contributed by atoms with E-state index in [1.54, 1.807) is 12.4 Å². The minimum atomic E-state index is -0.0135. The monoisotopic (exact) mass is 275 g/mol. The Morgan fingerprint density at radius 2 is 2.20 bits per heavy atom. The predicted molar refractivity (Wildman–Crippen MR) is 81.8 cm³/mol. The summed E-state index contributed by atoms with van der Waals surface area (Å²) in [4.78, 5) is 16.5. The molecule has 4 heteroatoms. The van der Waals surface area contributed by atoms with Crippen LogP contribution in [0.2, 0.25) is 0 Å². The van der Waals surface area contributed by atoms with Crippen LogP contribution in [0.1, 0.15) is 50.4 Å². The van der Waals surface area contributed by atoms with Crippen LogP contribution in [0.4, 0.5) is 5.69 Å². The van der Waals surface area contributed by atoms with Gasteiger partial charge < -0.3 is 10.6 Å². The van der Waals surface area contributed by atoms with E-state index in [1.807, 2.05) is 13.0 Å². The molecule has 20 heavy (non-hydrogen) atoms. The molecular formula is C16H25N3O. The topological polar surface area (TPSA) is 54.0 Å². The second-order valence-electron chi connectivity index (χ2n) is 5.93. The summed E-state index contributed by atoms with van der Waals surface area (Å²) in [5, 5.41) is 6.40. The van der Waals surface area contributed by atoms with Crippen molar-refractivity contribution >= 4 is 11.6 Å². The number of carbonyl (C=O) groups is 1. The number of pyridine rings is 1. The summed E-state index contributed by atoms with van der Waals surface area (Å²) < 4.78 is 0. The van der Waals surface area contributed by atoms with E-state index in [1.165, 1.54) is 12.8 Å². The lowest BCUT2D eigenvalue weighted by Crippen LogP contribution is -2.42. The molecule has 1 aromatic rings. The number of nitrogens with one attached hydrogen (secondary N) is 2. The lowest BCUT2D eigenvalue weighted by Gasteiger charge is -2.33. The Hall–Kier alpha value is -1.58. The summed E-state index contributed by atoms with van der Waals surface area (Å²) in [5.74, 6) is 1.30. The van der Waals surface area contributed by atoms with Crippen molar-refractivity contribution in [1.82, 2.24) is 10.3 Å². The van der Waals surface area contributed by atoms with Crippen LogP contribution >= 0.6 is 0 Å². The summed E-state index contributed by atoms with van der Waals surface area (Å²) >= 11 is 0. The van der Waals surface area contributed by atoms with Crippen molar-refractivity contribution in [1.29, 1.82) is 0 Å². The molecule has 0 spiro atoms. The Morgan fingerprint density at radius 1 is 1.40 bits per heavy atom. The van der Waals surface area contributed by atoms with Crippen molar-refractivity contribution in [2.45, 2.75) is 46.1 Å². The molecule has 1 saturated carbocycles. The molecule has 0 saturated heterocycles. The number of rotatable bonds is 4. The van der Waals surface area contributed by atoms with E-state index >= 15 is 0 Å². The summed E-state index contributed by atoms with van der Waals surface area (Å²) in [6, 6.07) is 2.14. The molecule has 1 heterocycles. The van der Waals surface area contributed by atoms with Gasteiger partial charge in [-0.3, -0.25) is 9.78 Å². The van der Waals surface area contributed by atoms with E-state index < -0.39 is 0 Å². The van der Waals surface area contributed by atoms with Gasteiger partial charge >= 0.3 is 0 Å². The highest BCUT2D eigenvalue weighted by molar-refractivity contribution is 5.99. The molecule has 0 radical (unpaired) electrons. The Labute approximate surface area is 121 Å². The average molecular weight is 275 g/mol.